The molecule has 0 spiro atoms. The molecule has 0 aromatic rings. The van der Waals surface area contributed by atoms with Gasteiger partial charge in [-0.1, -0.05) is 13.3 Å². The standard InChI is InChI=1S/C10H23NO3S/c1-4-5-6-14-7-8-15(12,13)9-10(2,3)11/h4-9,11H2,1-3H3. The van der Waals surface area contributed by atoms with Crippen LogP contribution in [0.25, 0.3) is 0 Å². The zero-order valence-electron chi connectivity index (χ0n) is 9.95. The minimum Gasteiger partial charge on any atom is -0.380 e. The molecule has 0 unspecified atom stereocenters. The number of sulfone groups is 1. The van der Waals surface area contributed by atoms with Crippen LogP contribution in [0.3, 0.4) is 0 Å². The van der Waals surface area contributed by atoms with Gasteiger partial charge in [0.15, 0.2) is 9.84 Å². The summed E-state index contributed by atoms with van der Waals surface area (Å²) in [4.78, 5) is 0. The van der Waals surface area contributed by atoms with Crippen molar-refractivity contribution < 1.29 is 13.2 Å². The molecule has 0 heterocycles. The first-order valence-corrected chi connectivity index (χ1v) is 7.16. The lowest BCUT2D eigenvalue weighted by molar-refractivity contribution is 0.146. The normalized spacial score (nSPS) is 13.1. The highest BCUT2D eigenvalue weighted by Gasteiger charge is 2.21. The van der Waals surface area contributed by atoms with Crippen molar-refractivity contribution in [2.45, 2.75) is 39.2 Å². The number of ether oxygens (including phenoxy) is 1. The topological polar surface area (TPSA) is 69.4 Å². The smallest absolute Gasteiger partial charge is 0.154 e. The summed E-state index contributed by atoms with van der Waals surface area (Å²) in [5, 5.41) is 0. The minimum absolute atomic E-state index is 0.0110. The molecule has 5 heteroatoms. The Balaban J connectivity index is 3.76. The van der Waals surface area contributed by atoms with Crippen LogP contribution < -0.4 is 5.73 Å². The summed E-state index contributed by atoms with van der Waals surface area (Å²) < 4.78 is 28.2. The zero-order chi connectivity index (χ0) is 11.9. The Kier molecular flexibility index (Phi) is 6.40. The molecule has 92 valence electrons. The van der Waals surface area contributed by atoms with E-state index in [0.29, 0.717) is 6.61 Å². The van der Waals surface area contributed by atoms with Gasteiger partial charge in [-0.2, -0.15) is 0 Å². The van der Waals surface area contributed by atoms with Gasteiger partial charge in [0.2, 0.25) is 0 Å². The number of rotatable bonds is 8. The molecule has 0 fully saturated rings. The predicted molar refractivity (Wildman–Crippen MR) is 62.6 cm³/mol. The van der Waals surface area contributed by atoms with E-state index in [1.807, 2.05) is 0 Å². The molecule has 0 aliphatic heterocycles. The number of nitrogens with two attached hydrogens (primary N) is 1. The van der Waals surface area contributed by atoms with E-state index in [9.17, 15) is 8.42 Å². The van der Waals surface area contributed by atoms with Crippen molar-refractivity contribution in [2.75, 3.05) is 24.7 Å². The summed E-state index contributed by atoms with van der Waals surface area (Å²) in [7, 11) is -3.08. The van der Waals surface area contributed by atoms with Gasteiger partial charge in [0, 0.05) is 12.1 Å². The maximum absolute atomic E-state index is 11.5. The van der Waals surface area contributed by atoms with Gasteiger partial charge in [-0.15, -0.1) is 0 Å². The molecular formula is C10H23NO3S. The van der Waals surface area contributed by atoms with Crippen molar-refractivity contribution in [3.63, 3.8) is 0 Å². The minimum atomic E-state index is -3.08. The summed E-state index contributed by atoms with van der Waals surface area (Å²) in [5.41, 5.74) is 4.99. The first-order chi connectivity index (χ1) is 6.77. The third-order valence-corrected chi connectivity index (χ3v) is 3.75. The van der Waals surface area contributed by atoms with Crippen LogP contribution in [0.15, 0.2) is 0 Å². The first-order valence-electron chi connectivity index (χ1n) is 5.34. The maximum Gasteiger partial charge on any atom is 0.154 e. The Bertz CT molecular complexity index is 254. The van der Waals surface area contributed by atoms with E-state index in [2.05, 4.69) is 6.92 Å². The summed E-state index contributed by atoms with van der Waals surface area (Å²) in [5.74, 6) is 0.0779. The fourth-order valence-electron chi connectivity index (χ4n) is 1.17. The predicted octanol–water partition coefficient (Wildman–Crippen LogP) is 0.955. The third-order valence-electron chi connectivity index (χ3n) is 1.77. The van der Waals surface area contributed by atoms with Crippen LogP contribution in [0, 0.1) is 0 Å². The molecule has 0 atom stereocenters. The van der Waals surface area contributed by atoms with Crippen LogP contribution in [0.5, 0.6) is 0 Å². The Hall–Kier alpha value is -0.130. The Labute approximate surface area is 93.1 Å². The highest BCUT2D eigenvalue weighted by Crippen LogP contribution is 2.03. The Morgan fingerprint density at radius 1 is 1.27 bits per heavy atom. The van der Waals surface area contributed by atoms with E-state index >= 15 is 0 Å². The van der Waals surface area contributed by atoms with Gasteiger partial charge in [-0.25, -0.2) is 8.42 Å². The summed E-state index contributed by atoms with van der Waals surface area (Å²) in [6.07, 6.45) is 2.03. The van der Waals surface area contributed by atoms with Gasteiger partial charge in [0.25, 0.3) is 0 Å². The van der Waals surface area contributed by atoms with Crippen LogP contribution in [-0.4, -0.2) is 38.7 Å². The zero-order valence-corrected chi connectivity index (χ0v) is 10.8. The van der Waals surface area contributed by atoms with E-state index in [0.717, 1.165) is 12.8 Å². The second-order valence-electron chi connectivity index (χ2n) is 4.55. The second kappa shape index (κ2) is 6.45. The summed E-state index contributed by atoms with van der Waals surface area (Å²) in [6, 6.07) is 0. The number of hydrogen-bond acceptors (Lipinski definition) is 4. The monoisotopic (exact) mass is 237 g/mol. The molecule has 0 aliphatic carbocycles. The van der Waals surface area contributed by atoms with E-state index < -0.39 is 15.4 Å². The van der Waals surface area contributed by atoms with Crippen molar-refractivity contribution >= 4 is 9.84 Å². The van der Waals surface area contributed by atoms with Gasteiger partial charge in [-0.05, 0) is 20.3 Å². The van der Waals surface area contributed by atoms with Gasteiger partial charge < -0.3 is 10.5 Å². The van der Waals surface area contributed by atoms with Crippen LogP contribution >= 0.6 is 0 Å². The fourth-order valence-corrected chi connectivity index (χ4v) is 2.82. The molecule has 0 bridgehead atoms. The molecule has 0 aromatic heterocycles. The molecule has 0 radical (unpaired) electrons. The fraction of sp³-hybridized carbons (Fsp3) is 1.00. The molecule has 0 saturated heterocycles. The van der Waals surface area contributed by atoms with E-state index in [4.69, 9.17) is 10.5 Å². The first kappa shape index (κ1) is 14.9. The van der Waals surface area contributed by atoms with Crippen LogP contribution in [0.2, 0.25) is 0 Å². The molecule has 0 aliphatic rings. The molecule has 0 aromatic carbocycles. The average Bonchev–Trinajstić information content (AvgIpc) is 1.99. The summed E-state index contributed by atoms with van der Waals surface area (Å²) in [6.45, 7) is 6.40. The molecule has 4 nitrogen and oxygen atoms in total. The van der Waals surface area contributed by atoms with Crippen LogP contribution in [-0.2, 0) is 14.6 Å². The van der Waals surface area contributed by atoms with E-state index in [-0.39, 0.29) is 18.1 Å². The van der Waals surface area contributed by atoms with Gasteiger partial charge in [0.05, 0.1) is 18.1 Å². The molecule has 0 saturated carbocycles. The lowest BCUT2D eigenvalue weighted by Gasteiger charge is -2.18. The quantitative estimate of drug-likeness (QED) is 0.638. The average molecular weight is 237 g/mol. The molecule has 15 heavy (non-hydrogen) atoms. The van der Waals surface area contributed by atoms with Crippen molar-refractivity contribution in [3.05, 3.63) is 0 Å². The maximum atomic E-state index is 11.5. The van der Waals surface area contributed by atoms with Gasteiger partial charge >= 0.3 is 0 Å². The molecule has 2 N–H and O–H groups in total. The number of unbranched alkanes of at least 4 members (excludes halogenated alkanes) is 1. The Morgan fingerprint density at radius 3 is 2.33 bits per heavy atom. The van der Waals surface area contributed by atoms with Crippen molar-refractivity contribution in [1.82, 2.24) is 0 Å². The van der Waals surface area contributed by atoms with Crippen molar-refractivity contribution in [3.8, 4) is 0 Å². The SMILES string of the molecule is CCCCOCCS(=O)(=O)CC(C)(C)N. The molecule has 0 amide bonds. The lowest BCUT2D eigenvalue weighted by atomic mass is 10.1. The van der Waals surface area contributed by atoms with Gasteiger partial charge in [-0.3, -0.25) is 0 Å². The van der Waals surface area contributed by atoms with Crippen LogP contribution in [0.1, 0.15) is 33.6 Å². The van der Waals surface area contributed by atoms with Crippen molar-refractivity contribution in [2.24, 2.45) is 5.73 Å². The molecule has 0 rings (SSSR count). The second-order valence-corrected chi connectivity index (χ2v) is 6.73. The van der Waals surface area contributed by atoms with Crippen LogP contribution in [0.4, 0.5) is 0 Å². The van der Waals surface area contributed by atoms with E-state index in [1.165, 1.54) is 0 Å². The number of hydrogen-bond donors (Lipinski definition) is 1. The third kappa shape index (κ3) is 10.2. The molecular weight excluding hydrogens is 214 g/mol. The summed E-state index contributed by atoms with van der Waals surface area (Å²) >= 11 is 0. The van der Waals surface area contributed by atoms with E-state index in [1.54, 1.807) is 13.8 Å². The highest BCUT2D eigenvalue weighted by molar-refractivity contribution is 7.91. The largest absolute Gasteiger partial charge is 0.380 e. The Morgan fingerprint density at radius 2 is 1.87 bits per heavy atom. The van der Waals surface area contributed by atoms with Gasteiger partial charge in [0.1, 0.15) is 0 Å². The highest BCUT2D eigenvalue weighted by atomic mass is 32.2. The van der Waals surface area contributed by atoms with Crippen molar-refractivity contribution in [1.29, 1.82) is 0 Å². The lowest BCUT2D eigenvalue weighted by Crippen LogP contribution is -2.41.